The molecule has 0 radical (unpaired) electrons. The van der Waals surface area contributed by atoms with E-state index in [0.29, 0.717) is 0 Å². The van der Waals surface area contributed by atoms with Crippen LogP contribution in [0, 0.1) is 0 Å². The normalized spacial score (nSPS) is 12.1. The van der Waals surface area contributed by atoms with Gasteiger partial charge in [0.05, 0.1) is 19.0 Å². The van der Waals surface area contributed by atoms with E-state index >= 15 is 0 Å². The van der Waals surface area contributed by atoms with Gasteiger partial charge >= 0.3 is 0 Å². The highest BCUT2D eigenvalue weighted by Crippen LogP contribution is 1.95. The summed E-state index contributed by atoms with van der Waals surface area (Å²) >= 11 is 0. The van der Waals surface area contributed by atoms with Gasteiger partial charge < -0.3 is 11.5 Å². The van der Waals surface area contributed by atoms with E-state index in [-0.39, 0.29) is 19.0 Å². The smallest absolute Gasteiger partial charge is 0.0547 e. The molecule has 1 rings (SSSR count). The highest BCUT2D eigenvalue weighted by molar-refractivity contribution is 6.57. The van der Waals surface area contributed by atoms with Crippen molar-refractivity contribution in [3.05, 3.63) is 24.3 Å². The Morgan fingerprint density at radius 2 is 1.28 bits per heavy atom. The third-order valence-corrected chi connectivity index (χ3v) is 7.07. The summed E-state index contributed by atoms with van der Waals surface area (Å²) in [5.74, 6) is 0. The van der Waals surface area contributed by atoms with Crippen molar-refractivity contribution in [2.45, 2.75) is 37.8 Å². The Morgan fingerprint density at radius 3 is 1.72 bits per heavy atom. The van der Waals surface area contributed by atoms with E-state index in [1.54, 1.807) is 10.4 Å². The Hall–Kier alpha value is -0.426. The molecule has 0 saturated carbocycles. The van der Waals surface area contributed by atoms with Gasteiger partial charge in [0.15, 0.2) is 0 Å². The Labute approximate surface area is 116 Å². The summed E-state index contributed by atoms with van der Waals surface area (Å²) in [5.41, 5.74) is 11.0. The standard InChI is InChI=1S/C14H28N2Si2/c15-8-1-3-10-17-13-6-5-7-14(12-13)18-11-4-2-9-16/h5-7,12H,1-4,8-11,15-18H2. The molecule has 0 fully saturated rings. The van der Waals surface area contributed by atoms with Crippen LogP contribution < -0.4 is 21.8 Å². The van der Waals surface area contributed by atoms with E-state index in [9.17, 15) is 0 Å². The maximum atomic E-state index is 5.52. The van der Waals surface area contributed by atoms with Gasteiger partial charge in [-0.1, -0.05) is 59.6 Å². The average Bonchev–Trinajstić information content (AvgIpc) is 2.40. The molecule has 0 spiro atoms. The van der Waals surface area contributed by atoms with Crippen LogP contribution in [0.25, 0.3) is 0 Å². The number of hydrogen-bond donors (Lipinski definition) is 2. The first-order chi connectivity index (χ1) is 8.86. The molecule has 0 bridgehead atoms. The van der Waals surface area contributed by atoms with Crippen LogP contribution in [0.1, 0.15) is 25.7 Å². The summed E-state index contributed by atoms with van der Waals surface area (Å²) < 4.78 is 0. The second kappa shape index (κ2) is 10.5. The predicted octanol–water partition coefficient (Wildman–Crippen LogP) is -0.411. The molecule has 0 unspecified atom stereocenters. The minimum atomic E-state index is -0.0393. The van der Waals surface area contributed by atoms with E-state index in [1.807, 2.05) is 0 Å². The van der Waals surface area contributed by atoms with Crippen LogP contribution in [-0.4, -0.2) is 32.1 Å². The fraction of sp³-hybridized carbons (Fsp3) is 0.571. The van der Waals surface area contributed by atoms with Crippen molar-refractivity contribution in [1.82, 2.24) is 0 Å². The number of benzene rings is 1. The molecule has 0 atom stereocenters. The monoisotopic (exact) mass is 280 g/mol. The van der Waals surface area contributed by atoms with Gasteiger partial charge in [-0.05, 0) is 25.9 Å². The molecule has 4 N–H and O–H groups in total. The maximum Gasteiger partial charge on any atom is 0.0547 e. The number of unbranched alkanes of at least 4 members (excludes halogenated alkanes) is 2. The molecule has 0 saturated heterocycles. The number of hydrogen-bond acceptors (Lipinski definition) is 2. The summed E-state index contributed by atoms with van der Waals surface area (Å²) in [7, 11) is -0.0786. The molecule has 0 aliphatic carbocycles. The Balaban J connectivity index is 2.27. The van der Waals surface area contributed by atoms with Crippen LogP contribution >= 0.6 is 0 Å². The number of rotatable bonds is 10. The van der Waals surface area contributed by atoms with Gasteiger partial charge in [0.2, 0.25) is 0 Å². The topological polar surface area (TPSA) is 52.0 Å². The van der Waals surface area contributed by atoms with Gasteiger partial charge in [0.1, 0.15) is 0 Å². The quantitative estimate of drug-likeness (QED) is 0.452. The average molecular weight is 281 g/mol. The van der Waals surface area contributed by atoms with E-state index in [1.165, 1.54) is 37.8 Å². The highest BCUT2D eigenvalue weighted by atomic mass is 28.2. The summed E-state index contributed by atoms with van der Waals surface area (Å²) in [5, 5.41) is 3.30. The van der Waals surface area contributed by atoms with Crippen molar-refractivity contribution in [3.8, 4) is 0 Å². The zero-order valence-corrected chi connectivity index (χ0v) is 14.4. The van der Waals surface area contributed by atoms with E-state index in [2.05, 4.69) is 24.3 Å². The summed E-state index contributed by atoms with van der Waals surface area (Å²) in [6, 6.07) is 12.2. The molecule has 1 aromatic rings. The van der Waals surface area contributed by atoms with E-state index < -0.39 is 0 Å². The lowest BCUT2D eigenvalue weighted by atomic mass is 10.3. The second-order valence-electron chi connectivity index (χ2n) is 5.02. The molecule has 18 heavy (non-hydrogen) atoms. The molecule has 0 amide bonds. The lowest BCUT2D eigenvalue weighted by Gasteiger charge is -2.05. The van der Waals surface area contributed by atoms with Crippen molar-refractivity contribution in [2.75, 3.05) is 13.1 Å². The highest BCUT2D eigenvalue weighted by Gasteiger charge is 1.98. The van der Waals surface area contributed by atoms with Crippen LogP contribution in [-0.2, 0) is 0 Å². The fourth-order valence-corrected chi connectivity index (χ4v) is 5.97. The molecule has 0 aliphatic heterocycles. The Morgan fingerprint density at radius 1 is 0.778 bits per heavy atom. The van der Waals surface area contributed by atoms with Gasteiger partial charge in [-0.2, -0.15) is 0 Å². The van der Waals surface area contributed by atoms with E-state index in [4.69, 9.17) is 11.5 Å². The van der Waals surface area contributed by atoms with Crippen LogP contribution in [0.3, 0.4) is 0 Å². The van der Waals surface area contributed by atoms with Crippen molar-refractivity contribution in [1.29, 1.82) is 0 Å². The molecule has 4 heteroatoms. The lowest BCUT2D eigenvalue weighted by molar-refractivity contribution is 0.804. The van der Waals surface area contributed by atoms with E-state index in [0.717, 1.165) is 13.1 Å². The third kappa shape index (κ3) is 7.11. The number of nitrogens with two attached hydrogens (primary N) is 2. The van der Waals surface area contributed by atoms with Crippen molar-refractivity contribution >= 4 is 29.4 Å². The van der Waals surface area contributed by atoms with Crippen LogP contribution in [0.4, 0.5) is 0 Å². The van der Waals surface area contributed by atoms with Gasteiger partial charge in [-0.3, -0.25) is 0 Å². The minimum Gasteiger partial charge on any atom is -0.330 e. The Bertz CT molecular complexity index is 291. The Kier molecular flexibility index (Phi) is 9.11. The predicted molar refractivity (Wildman–Crippen MR) is 89.0 cm³/mol. The zero-order chi connectivity index (χ0) is 13.1. The summed E-state index contributed by atoms with van der Waals surface area (Å²) in [6.07, 6.45) is 5.03. The molecule has 0 heterocycles. The largest absolute Gasteiger partial charge is 0.330 e. The van der Waals surface area contributed by atoms with Crippen molar-refractivity contribution in [2.24, 2.45) is 11.5 Å². The molecule has 0 aliphatic rings. The molecular weight excluding hydrogens is 252 g/mol. The van der Waals surface area contributed by atoms with Crippen LogP contribution in [0.2, 0.25) is 12.1 Å². The van der Waals surface area contributed by atoms with Crippen molar-refractivity contribution < 1.29 is 0 Å². The molecule has 1 aromatic carbocycles. The first kappa shape index (κ1) is 15.6. The van der Waals surface area contributed by atoms with Crippen LogP contribution in [0.5, 0.6) is 0 Å². The molecular formula is C14H28N2Si2. The zero-order valence-electron chi connectivity index (χ0n) is 11.5. The minimum absolute atomic E-state index is 0.0393. The fourth-order valence-electron chi connectivity index (χ4n) is 2.24. The van der Waals surface area contributed by atoms with Gasteiger partial charge in [-0.25, -0.2) is 0 Å². The van der Waals surface area contributed by atoms with Crippen molar-refractivity contribution in [3.63, 3.8) is 0 Å². The first-order valence-corrected chi connectivity index (χ1v) is 10.8. The molecule has 2 nitrogen and oxygen atoms in total. The summed E-state index contributed by atoms with van der Waals surface area (Å²) in [4.78, 5) is 0. The molecule has 102 valence electrons. The maximum absolute atomic E-state index is 5.52. The van der Waals surface area contributed by atoms with Crippen LogP contribution in [0.15, 0.2) is 24.3 Å². The summed E-state index contributed by atoms with van der Waals surface area (Å²) in [6.45, 7) is 1.70. The second-order valence-corrected chi connectivity index (χ2v) is 9.07. The SMILES string of the molecule is NCCCC[SiH2]c1cccc([SiH2]CCCCN)c1. The van der Waals surface area contributed by atoms with Gasteiger partial charge in [0, 0.05) is 0 Å². The molecule has 0 aromatic heterocycles. The third-order valence-electron chi connectivity index (χ3n) is 3.33. The lowest BCUT2D eigenvalue weighted by Crippen LogP contribution is -2.23. The van der Waals surface area contributed by atoms with Gasteiger partial charge in [0.25, 0.3) is 0 Å². The first-order valence-electron chi connectivity index (χ1n) is 7.34. The van der Waals surface area contributed by atoms with Gasteiger partial charge in [-0.15, -0.1) is 0 Å².